The van der Waals surface area contributed by atoms with E-state index in [0.717, 1.165) is 22.2 Å². The van der Waals surface area contributed by atoms with E-state index in [9.17, 15) is 4.79 Å². The first kappa shape index (κ1) is 16.9. The van der Waals surface area contributed by atoms with E-state index in [0.29, 0.717) is 6.42 Å². The van der Waals surface area contributed by atoms with Gasteiger partial charge in [-0.1, -0.05) is 11.8 Å². The molecular formula is C12H14ClN3O2S2. The van der Waals surface area contributed by atoms with Gasteiger partial charge < -0.3 is 17.1 Å². The van der Waals surface area contributed by atoms with Crippen LogP contribution in [0, 0.1) is 0 Å². The number of hydrogen-bond acceptors (Lipinski definition) is 6. The lowest BCUT2D eigenvalue weighted by molar-refractivity contribution is -0.675. The fourth-order valence-corrected chi connectivity index (χ4v) is 2.77. The van der Waals surface area contributed by atoms with Crippen LogP contribution >= 0.6 is 23.3 Å². The maximum absolute atomic E-state index is 10.9. The summed E-state index contributed by atoms with van der Waals surface area (Å²) in [4.78, 5) is 15.1. The van der Waals surface area contributed by atoms with Crippen molar-refractivity contribution >= 4 is 29.3 Å². The van der Waals surface area contributed by atoms with Crippen molar-refractivity contribution in [3.8, 4) is 10.6 Å². The molecule has 2 rings (SSSR count). The molecule has 0 spiro atoms. The average Bonchev–Trinajstić information content (AvgIpc) is 2.98. The molecule has 0 aliphatic rings. The Morgan fingerprint density at radius 1 is 1.45 bits per heavy atom. The number of methoxy groups -OCH3 is 1. The fraction of sp³-hybridized carbons (Fsp3) is 0.333. The molecule has 0 unspecified atom stereocenters. The summed E-state index contributed by atoms with van der Waals surface area (Å²) in [5.41, 5.74) is 1.07. The second kappa shape index (κ2) is 8.89. The fourth-order valence-electron chi connectivity index (χ4n) is 1.41. The molecule has 2 heterocycles. The third-order valence-electron chi connectivity index (χ3n) is 2.42. The van der Waals surface area contributed by atoms with Gasteiger partial charge in [0.1, 0.15) is 11.3 Å². The number of rotatable bonds is 6. The van der Waals surface area contributed by atoms with Crippen molar-refractivity contribution in [2.24, 2.45) is 0 Å². The van der Waals surface area contributed by atoms with Gasteiger partial charge in [0, 0.05) is 23.4 Å². The first-order valence-electron chi connectivity index (χ1n) is 5.70. The molecule has 108 valence electrons. The minimum atomic E-state index is -0.163. The molecule has 2 aromatic rings. The Morgan fingerprint density at radius 3 is 2.80 bits per heavy atom. The monoisotopic (exact) mass is 331 g/mol. The molecule has 8 heteroatoms. The van der Waals surface area contributed by atoms with Crippen LogP contribution in [0.4, 0.5) is 0 Å². The molecule has 2 aromatic heterocycles. The third-order valence-corrected chi connectivity index (χ3v) is 4.11. The van der Waals surface area contributed by atoms with E-state index in [1.807, 2.05) is 24.5 Å². The van der Waals surface area contributed by atoms with E-state index < -0.39 is 0 Å². The van der Waals surface area contributed by atoms with Crippen LogP contribution in [-0.4, -0.2) is 28.2 Å². The predicted molar refractivity (Wildman–Crippen MR) is 74.6 cm³/mol. The minimum Gasteiger partial charge on any atom is -1.00 e. The van der Waals surface area contributed by atoms with E-state index in [-0.39, 0.29) is 18.4 Å². The molecule has 0 aromatic carbocycles. The molecule has 20 heavy (non-hydrogen) atoms. The number of carbonyl (C=O) groups excluding carboxylic acids is 1. The van der Waals surface area contributed by atoms with Crippen molar-refractivity contribution in [3.05, 3.63) is 30.9 Å². The van der Waals surface area contributed by atoms with Gasteiger partial charge in [-0.3, -0.25) is 4.79 Å². The zero-order chi connectivity index (χ0) is 13.5. The number of ether oxygens (including phenoxy) is 1. The Labute approximate surface area is 132 Å². The zero-order valence-electron chi connectivity index (χ0n) is 10.9. The number of pyridine rings is 1. The molecule has 0 bridgehead atoms. The highest BCUT2D eigenvalue weighted by molar-refractivity contribution is 7.98. The number of hydrogen-bond donors (Lipinski definition) is 0. The summed E-state index contributed by atoms with van der Waals surface area (Å²) >= 11 is 3.07. The van der Waals surface area contributed by atoms with Crippen LogP contribution in [-0.2, 0) is 15.4 Å². The Balaban J connectivity index is 0.00000200. The van der Waals surface area contributed by atoms with Crippen molar-refractivity contribution in [3.63, 3.8) is 0 Å². The van der Waals surface area contributed by atoms with Crippen LogP contribution in [0.1, 0.15) is 6.42 Å². The van der Waals surface area contributed by atoms with Crippen LogP contribution in [0.25, 0.3) is 10.6 Å². The van der Waals surface area contributed by atoms with Gasteiger partial charge in [-0.15, -0.1) is 0 Å². The summed E-state index contributed by atoms with van der Waals surface area (Å²) in [5, 5.41) is 0.922. The van der Waals surface area contributed by atoms with Gasteiger partial charge in [-0.2, -0.15) is 8.94 Å². The first-order valence-corrected chi connectivity index (χ1v) is 7.63. The maximum atomic E-state index is 10.9. The number of aromatic nitrogens is 3. The van der Waals surface area contributed by atoms with Crippen LogP contribution < -0.4 is 17.0 Å². The molecule has 0 atom stereocenters. The van der Waals surface area contributed by atoms with E-state index in [2.05, 4.69) is 18.7 Å². The second-order valence-electron chi connectivity index (χ2n) is 3.71. The van der Waals surface area contributed by atoms with E-state index >= 15 is 0 Å². The summed E-state index contributed by atoms with van der Waals surface area (Å²) in [6.45, 7) is 0. The zero-order valence-corrected chi connectivity index (χ0v) is 13.2. The quantitative estimate of drug-likeness (QED) is 0.376. The van der Waals surface area contributed by atoms with Crippen LogP contribution in [0.2, 0.25) is 0 Å². The molecule has 0 amide bonds. The highest BCUT2D eigenvalue weighted by Gasteiger charge is 2.06. The van der Waals surface area contributed by atoms with Crippen molar-refractivity contribution in [2.45, 2.75) is 12.3 Å². The maximum Gasteiger partial charge on any atom is 0.306 e. The molecule has 5 nitrogen and oxygen atoms in total. The van der Waals surface area contributed by atoms with Gasteiger partial charge in [0.15, 0.2) is 18.3 Å². The Kier molecular flexibility index (Phi) is 7.50. The SMILES string of the molecule is COC(=O)CCSC[n+]1ccc(-c2ncns2)cc1.[Cl-]. The van der Waals surface area contributed by atoms with E-state index in [4.69, 9.17) is 0 Å². The minimum absolute atomic E-state index is 0. The second-order valence-corrected chi connectivity index (χ2v) is 5.57. The lowest BCUT2D eigenvalue weighted by Crippen LogP contribution is -3.00. The van der Waals surface area contributed by atoms with Crippen molar-refractivity contribution in [1.29, 1.82) is 0 Å². The Bertz CT molecular complexity index is 520. The van der Waals surface area contributed by atoms with Gasteiger partial charge >= 0.3 is 5.97 Å². The molecule has 0 saturated carbocycles. The smallest absolute Gasteiger partial charge is 0.306 e. The van der Waals surface area contributed by atoms with Crippen molar-refractivity contribution < 1.29 is 26.5 Å². The number of halogens is 1. The molecule has 0 radical (unpaired) electrons. The molecule has 0 fully saturated rings. The van der Waals surface area contributed by atoms with Crippen LogP contribution in [0.5, 0.6) is 0 Å². The van der Waals surface area contributed by atoms with Gasteiger partial charge in [-0.25, -0.2) is 4.98 Å². The van der Waals surface area contributed by atoms with Crippen molar-refractivity contribution in [2.75, 3.05) is 12.9 Å². The number of nitrogens with zero attached hydrogens (tertiary/aromatic N) is 3. The number of thioether (sulfide) groups is 1. The summed E-state index contributed by atoms with van der Waals surface area (Å²) in [6, 6.07) is 4.03. The van der Waals surface area contributed by atoms with Gasteiger partial charge in [-0.05, 0) is 11.5 Å². The normalized spacial score (nSPS) is 9.85. The van der Waals surface area contributed by atoms with Crippen LogP contribution in [0.15, 0.2) is 30.9 Å². The average molecular weight is 332 g/mol. The Hall–Kier alpha value is -1.18. The summed E-state index contributed by atoms with van der Waals surface area (Å²) in [5.74, 6) is 1.41. The van der Waals surface area contributed by atoms with Gasteiger partial charge in [0.25, 0.3) is 0 Å². The van der Waals surface area contributed by atoms with Crippen LogP contribution in [0.3, 0.4) is 0 Å². The molecule has 0 saturated heterocycles. The third kappa shape index (κ3) is 5.07. The lowest BCUT2D eigenvalue weighted by atomic mass is 10.3. The predicted octanol–water partition coefficient (Wildman–Crippen LogP) is -1.25. The summed E-state index contributed by atoms with van der Waals surface area (Å²) < 4.78 is 10.6. The molecule has 0 aliphatic carbocycles. The van der Waals surface area contributed by atoms with E-state index in [1.54, 1.807) is 18.1 Å². The number of carbonyl (C=O) groups is 1. The molecule has 0 N–H and O–H groups in total. The molecular weight excluding hydrogens is 318 g/mol. The number of esters is 1. The standard InChI is InChI=1S/C12H14N3O2S2.ClH/c1-17-11(16)4-7-18-9-15-5-2-10(3-6-15)12-13-8-14-19-12;/h2-3,5-6,8H,4,7,9H2,1H3;1H/q+1;/p-1. The van der Waals surface area contributed by atoms with Gasteiger partial charge in [0.2, 0.25) is 0 Å². The molecule has 0 aliphatic heterocycles. The van der Waals surface area contributed by atoms with Gasteiger partial charge in [0.05, 0.1) is 13.5 Å². The summed E-state index contributed by atoms with van der Waals surface area (Å²) in [6.07, 6.45) is 6.01. The lowest BCUT2D eigenvalue weighted by Gasteiger charge is -1.99. The highest BCUT2D eigenvalue weighted by atomic mass is 35.5. The van der Waals surface area contributed by atoms with E-state index in [1.165, 1.54) is 18.6 Å². The Morgan fingerprint density at radius 2 is 2.20 bits per heavy atom. The highest BCUT2D eigenvalue weighted by Crippen LogP contribution is 2.17. The van der Waals surface area contributed by atoms with Crippen molar-refractivity contribution in [1.82, 2.24) is 9.36 Å². The first-order chi connectivity index (χ1) is 9.29. The summed E-state index contributed by atoms with van der Waals surface area (Å²) in [7, 11) is 1.41. The topological polar surface area (TPSA) is 56.0 Å². The largest absolute Gasteiger partial charge is 1.00 e.